The fourth-order valence-electron chi connectivity index (χ4n) is 1.56. The van der Waals surface area contributed by atoms with Crippen molar-refractivity contribution in [3.63, 3.8) is 0 Å². The predicted molar refractivity (Wildman–Crippen MR) is 72.1 cm³/mol. The van der Waals surface area contributed by atoms with Crippen LogP contribution in [0.1, 0.15) is 11.1 Å². The third-order valence-electron chi connectivity index (χ3n) is 2.52. The summed E-state index contributed by atoms with van der Waals surface area (Å²) in [6.07, 6.45) is 0. The molecular weight excluding hydrogens is 242 g/mol. The zero-order chi connectivity index (χ0) is 13.7. The smallest absolute Gasteiger partial charge is 0.288 e. The van der Waals surface area contributed by atoms with E-state index >= 15 is 0 Å². The van der Waals surface area contributed by atoms with Crippen LogP contribution in [0.3, 0.4) is 0 Å². The third-order valence-corrected chi connectivity index (χ3v) is 2.52. The summed E-state index contributed by atoms with van der Waals surface area (Å²) in [4.78, 5) is 10.5. The Bertz CT molecular complexity index is 654. The molecule has 0 saturated carbocycles. The van der Waals surface area contributed by atoms with Crippen molar-refractivity contribution in [1.82, 2.24) is 0 Å². The fraction of sp³-hybridized carbons (Fsp3) is 0.0667. The van der Waals surface area contributed by atoms with Crippen molar-refractivity contribution in [2.45, 2.75) is 0 Å². The average Bonchev–Trinajstić information content (AvgIpc) is 2.46. The van der Waals surface area contributed by atoms with Gasteiger partial charge in [-0.05, 0) is 24.3 Å². The molecule has 2 rings (SSSR count). The van der Waals surface area contributed by atoms with E-state index < -0.39 is 4.92 Å². The topological polar surface area (TPSA) is 52.4 Å². The van der Waals surface area contributed by atoms with E-state index in [1.807, 2.05) is 30.3 Å². The van der Waals surface area contributed by atoms with Crippen molar-refractivity contribution in [2.75, 3.05) is 7.11 Å². The van der Waals surface area contributed by atoms with Crippen LogP contribution in [0.15, 0.2) is 48.5 Å². The highest BCUT2D eigenvalue weighted by atomic mass is 16.6. The molecular formula is C15H11NO3. The lowest BCUT2D eigenvalue weighted by molar-refractivity contribution is -0.385. The molecule has 19 heavy (non-hydrogen) atoms. The van der Waals surface area contributed by atoms with Gasteiger partial charge in [0.15, 0.2) is 0 Å². The van der Waals surface area contributed by atoms with E-state index in [0.717, 1.165) is 5.56 Å². The van der Waals surface area contributed by atoms with Gasteiger partial charge in [0, 0.05) is 5.56 Å². The average molecular weight is 253 g/mol. The summed E-state index contributed by atoms with van der Waals surface area (Å²) in [5, 5.41) is 11.0. The highest BCUT2D eigenvalue weighted by Crippen LogP contribution is 2.23. The summed E-state index contributed by atoms with van der Waals surface area (Å²) in [6.45, 7) is 0. The Morgan fingerprint density at radius 2 is 1.84 bits per heavy atom. The maximum Gasteiger partial charge on any atom is 0.288 e. The quantitative estimate of drug-likeness (QED) is 0.469. The Labute approximate surface area is 110 Å². The number of benzene rings is 2. The standard InChI is InChI=1S/C15H11NO3/c1-19-14-10-9-13(15(11-14)16(17)18)8-7-12-5-3-2-4-6-12/h2-6,9-11H,1H3. The molecule has 0 heterocycles. The van der Waals surface area contributed by atoms with Gasteiger partial charge in [0.05, 0.1) is 18.1 Å². The molecule has 0 aliphatic heterocycles. The molecule has 0 spiro atoms. The number of methoxy groups -OCH3 is 1. The van der Waals surface area contributed by atoms with Crippen LogP contribution in [0.25, 0.3) is 0 Å². The second kappa shape index (κ2) is 5.69. The normalized spacial score (nSPS) is 9.32. The minimum atomic E-state index is -0.461. The van der Waals surface area contributed by atoms with Crippen LogP contribution in [-0.4, -0.2) is 12.0 Å². The van der Waals surface area contributed by atoms with Crippen molar-refractivity contribution in [3.05, 3.63) is 69.8 Å². The molecule has 0 N–H and O–H groups in total. The van der Waals surface area contributed by atoms with E-state index in [4.69, 9.17) is 4.74 Å². The third kappa shape index (κ3) is 3.11. The first kappa shape index (κ1) is 12.7. The van der Waals surface area contributed by atoms with E-state index in [2.05, 4.69) is 11.8 Å². The molecule has 0 aliphatic carbocycles. The van der Waals surface area contributed by atoms with Crippen LogP contribution in [-0.2, 0) is 0 Å². The number of nitro benzene ring substituents is 1. The minimum Gasteiger partial charge on any atom is -0.497 e. The summed E-state index contributed by atoms with van der Waals surface area (Å²) in [5.41, 5.74) is 1.13. The lowest BCUT2D eigenvalue weighted by Gasteiger charge is -2.00. The molecule has 0 atom stereocenters. The lowest BCUT2D eigenvalue weighted by Crippen LogP contribution is -1.93. The molecule has 4 heteroatoms. The Hall–Kier alpha value is -2.80. The van der Waals surface area contributed by atoms with E-state index in [1.54, 1.807) is 12.1 Å². The monoisotopic (exact) mass is 253 g/mol. The van der Waals surface area contributed by atoms with Gasteiger partial charge < -0.3 is 4.74 Å². The van der Waals surface area contributed by atoms with Crippen molar-refractivity contribution in [2.24, 2.45) is 0 Å². The van der Waals surface area contributed by atoms with E-state index in [-0.39, 0.29) is 5.69 Å². The number of ether oxygens (including phenoxy) is 1. The molecule has 0 saturated heterocycles. The molecule has 0 bridgehead atoms. The van der Waals surface area contributed by atoms with Crippen molar-refractivity contribution < 1.29 is 9.66 Å². The first-order valence-corrected chi connectivity index (χ1v) is 5.60. The second-order valence-corrected chi connectivity index (χ2v) is 3.76. The van der Waals surface area contributed by atoms with Gasteiger partial charge in [0.2, 0.25) is 0 Å². The number of rotatable bonds is 2. The number of hydrogen-bond donors (Lipinski definition) is 0. The maximum absolute atomic E-state index is 11.0. The SMILES string of the molecule is COc1ccc(C#Cc2ccccc2)c([N+](=O)[O-])c1. The molecule has 0 aromatic heterocycles. The van der Waals surface area contributed by atoms with Crippen LogP contribution in [0.5, 0.6) is 5.75 Å². The Balaban J connectivity index is 2.41. The molecule has 2 aromatic rings. The van der Waals surface area contributed by atoms with Gasteiger partial charge in [-0.3, -0.25) is 10.1 Å². The number of hydrogen-bond acceptors (Lipinski definition) is 3. The minimum absolute atomic E-state index is 0.0530. The molecule has 0 unspecified atom stereocenters. The summed E-state index contributed by atoms with van der Waals surface area (Å²) >= 11 is 0. The fourth-order valence-corrected chi connectivity index (χ4v) is 1.56. The summed E-state index contributed by atoms with van der Waals surface area (Å²) in [7, 11) is 1.47. The first-order valence-electron chi connectivity index (χ1n) is 5.60. The second-order valence-electron chi connectivity index (χ2n) is 3.76. The lowest BCUT2D eigenvalue weighted by atomic mass is 10.1. The maximum atomic E-state index is 11.0. The molecule has 4 nitrogen and oxygen atoms in total. The van der Waals surface area contributed by atoms with Crippen molar-refractivity contribution in [3.8, 4) is 17.6 Å². The van der Waals surface area contributed by atoms with Crippen molar-refractivity contribution in [1.29, 1.82) is 0 Å². The van der Waals surface area contributed by atoms with Gasteiger partial charge in [-0.2, -0.15) is 0 Å². The largest absolute Gasteiger partial charge is 0.497 e. The van der Waals surface area contributed by atoms with Gasteiger partial charge in [0.1, 0.15) is 11.3 Å². The Morgan fingerprint density at radius 1 is 1.11 bits per heavy atom. The van der Waals surface area contributed by atoms with Crippen LogP contribution >= 0.6 is 0 Å². The van der Waals surface area contributed by atoms with Crippen LogP contribution in [0.2, 0.25) is 0 Å². The first-order chi connectivity index (χ1) is 9.20. The van der Waals surface area contributed by atoms with Gasteiger partial charge in [-0.1, -0.05) is 30.0 Å². The molecule has 2 aromatic carbocycles. The van der Waals surface area contributed by atoms with Crippen molar-refractivity contribution >= 4 is 5.69 Å². The zero-order valence-electron chi connectivity index (χ0n) is 10.3. The van der Waals surface area contributed by atoms with Gasteiger partial charge in [-0.25, -0.2) is 0 Å². The van der Waals surface area contributed by atoms with E-state index in [9.17, 15) is 10.1 Å². The van der Waals surface area contributed by atoms with Gasteiger partial charge in [0.25, 0.3) is 5.69 Å². The predicted octanol–water partition coefficient (Wildman–Crippen LogP) is 3.00. The van der Waals surface area contributed by atoms with E-state index in [1.165, 1.54) is 13.2 Å². The van der Waals surface area contributed by atoms with Crippen LogP contribution in [0.4, 0.5) is 5.69 Å². The van der Waals surface area contributed by atoms with Crippen LogP contribution in [0, 0.1) is 22.0 Å². The number of nitro groups is 1. The zero-order valence-corrected chi connectivity index (χ0v) is 10.3. The highest BCUT2D eigenvalue weighted by Gasteiger charge is 2.13. The molecule has 0 fully saturated rings. The molecule has 0 radical (unpaired) electrons. The summed E-state index contributed by atoms with van der Waals surface area (Å²) < 4.78 is 4.97. The molecule has 94 valence electrons. The van der Waals surface area contributed by atoms with E-state index in [0.29, 0.717) is 11.3 Å². The molecule has 0 aliphatic rings. The Kier molecular flexibility index (Phi) is 3.79. The van der Waals surface area contributed by atoms with Gasteiger partial charge in [-0.15, -0.1) is 0 Å². The van der Waals surface area contributed by atoms with Crippen LogP contribution < -0.4 is 4.74 Å². The molecule has 0 amide bonds. The summed E-state index contributed by atoms with van der Waals surface area (Å²) in [6, 6.07) is 13.9. The number of nitrogens with zero attached hydrogens (tertiary/aromatic N) is 1. The highest BCUT2D eigenvalue weighted by molar-refractivity contribution is 5.56. The summed E-state index contributed by atoms with van der Waals surface area (Å²) in [5.74, 6) is 6.16. The Morgan fingerprint density at radius 3 is 2.47 bits per heavy atom. The van der Waals surface area contributed by atoms with Gasteiger partial charge >= 0.3 is 0 Å².